The van der Waals surface area contributed by atoms with Crippen molar-refractivity contribution in [3.05, 3.63) is 35.7 Å². The molecule has 0 radical (unpaired) electrons. The van der Waals surface area contributed by atoms with Crippen LogP contribution in [0, 0.1) is 6.92 Å². The molecule has 0 saturated heterocycles. The zero-order valence-electron chi connectivity index (χ0n) is 12.6. The maximum atomic E-state index is 4.68. The molecule has 0 fully saturated rings. The first kappa shape index (κ1) is 13.5. The topological polar surface area (TPSA) is 68.5 Å². The van der Waals surface area contributed by atoms with Crippen LogP contribution >= 0.6 is 0 Å². The van der Waals surface area contributed by atoms with Crippen LogP contribution in [0.2, 0.25) is 0 Å². The monoisotopic (exact) mass is 282 g/mol. The van der Waals surface area contributed by atoms with Gasteiger partial charge in [0.05, 0.1) is 5.52 Å². The number of aromatic nitrogens is 5. The van der Waals surface area contributed by atoms with E-state index in [-0.39, 0.29) is 5.92 Å². The SMILES string of the molecule is CNc1nc(C(C)C)nc(-n2nnc3ccccc32)c1C. The number of hydrogen-bond acceptors (Lipinski definition) is 5. The van der Waals surface area contributed by atoms with Gasteiger partial charge in [0.25, 0.3) is 0 Å². The van der Waals surface area contributed by atoms with Gasteiger partial charge in [-0.05, 0) is 19.1 Å². The lowest BCUT2D eigenvalue weighted by Gasteiger charge is -2.13. The second-order valence-corrected chi connectivity index (χ2v) is 5.27. The van der Waals surface area contributed by atoms with E-state index in [1.165, 1.54) is 0 Å². The van der Waals surface area contributed by atoms with Gasteiger partial charge in [0.1, 0.15) is 17.2 Å². The number of benzene rings is 1. The van der Waals surface area contributed by atoms with E-state index in [0.29, 0.717) is 0 Å². The van der Waals surface area contributed by atoms with E-state index >= 15 is 0 Å². The molecular formula is C15H18N6. The third kappa shape index (κ3) is 2.22. The summed E-state index contributed by atoms with van der Waals surface area (Å²) in [4.78, 5) is 9.24. The maximum absolute atomic E-state index is 4.68. The first-order valence-corrected chi connectivity index (χ1v) is 6.99. The van der Waals surface area contributed by atoms with Crippen LogP contribution in [0.4, 0.5) is 5.82 Å². The second-order valence-electron chi connectivity index (χ2n) is 5.27. The fourth-order valence-corrected chi connectivity index (χ4v) is 2.25. The molecule has 0 aliphatic heterocycles. The Bertz CT molecular complexity index is 790. The van der Waals surface area contributed by atoms with Crippen molar-refractivity contribution in [1.82, 2.24) is 25.0 Å². The fraction of sp³-hybridized carbons (Fsp3) is 0.333. The molecule has 2 heterocycles. The van der Waals surface area contributed by atoms with Crippen molar-refractivity contribution in [1.29, 1.82) is 0 Å². The quantitative estimate of drug-likeness (QED) is 0.800. The summed E-state index contributed by atoms with van der Waals surface area (Å²) in [7, 11) is 1.86. The van der Waals surface area contributed by atoms with Crippen molar-refractivity contribution < 1.29 is 0 Å². The summed E-state index contributed by atoms with van der Waals surface area (Å²) in [5.74, 6) is 2.63. The van der Waals surface area contributed by atoms with Crippen LogP contribution in [0.15, 0.2) is 24.3 Å². The highest BCUT2D eigenvalue weighted by atomic mass is 15.4. The molecule has 6 heteroatoms. The minimum absolute atomic E-state index is 0.242. The highest BCUT2D eigenvalue weighted by Gasteiger charge is 2.16. The lowest BCUT2D eigenvalue weighted by molar-refractivity contribution is 0.733. The summed E-state index contributed by atoms with van der Waals surface area (Å²) < 4.78 is 1.78. The molecule has 0 bridgehead atoms. The molecule has 21 heavy (non-hydrogen) atoms. The van der Waals surface area contributed by atoms with Crippen molar-refractivity contribution in [2.45, 2.75) is 26.7 Å². The van der Waals surface area contributed by atoms with E-state index < -0.39 is 0 Å². The van der Waals surface area contributed by atoms with Crippen molar-refractivity contribution in [3.63, 3.8) is 0 Å². The van der Waals surface area contributed by atoms with Gasteiger partial charge in [-0.25, -0.2) is 9.97 Å². The van der Waals surface area contributed by atoms with Gasteiger partial charge in [-0.15, -0.1) is 5.10 Å². The second kappa shape index (κ2) is 5.12. The summed E-state index contributed by atoms with van der Waals surface area (Å²) in [6, 6.07) is 7.86. The predicted octanol–water partition coefficient (Wildman–Crippen LogP) is 2.68. The van der Waals surface area contributed by atoms with Gasteiger partial charge in [-0.3, -0.25) is 0 Å². The van der Waals surface area contributed by atoms with Gasteiger partial charge in [-0.2, -0.15) is 4.68 Å². The van der Waals surface area contributed by atoms with Gasteiger partial charge in [0.15, 0.2) is 5.82 Å². The average molecular weight is 282 g/mol. The van der Waals surface area contributed by atoms with Crippen LogP contribution in [-0.4, -0.2) is 32.0 Å². The van der Waals surface area contributed by atoms with Crippen LogP contribution < -0.4 is 5.32 Å². The van der Waals surface area contributed by atoms with Gasteiger partial charge in [-0.1, -0.05) is 31.2 Å². The zero-order valence-corrected chi connectivity index (χ0v) is 12.6. The summed E-state index contributed by atoms with van der Waals surface area (Å²) in [5, 5.41) is 11.6. The molecule has 2 aromatic heterocycles. The number of rotatable bonds is 3. The normalized spacial score (nSPS) is 11.3. The number of fused-ring (bicyclic) bond motifs is 1. The highest BCUT2D eigenvalue weighted by molar-refractivity contribution is 5.76. The standard InChI is InChI=1S/C15H18N6/c1-9(2)13-17-14(16-4)10(3)15(18-13)21-12-8-6-5-7-11(12)19-20-21/h5-9H,1-4H3,(H,16,17,18). The van der Waals surface area contributed by atoms with E-state index in [1.807, 2.05) is 38.2 Å². The Morgan fingerprint density at radius 3 is 2.62 bits per heavy atom. The molecule has 0 aliphatic rings. The minimum atomic E-state index is 0.242. The number of nitrogens with zero attached hydrogens (tertiary/aromatic N) is 5. The fourth-order valence-electron chi connectivity index (χ4n) is 2.25. The number of nitrogens with one attached hydrogen (secondary N) is 1. The van der Waals surface area contributed by atoms with Gasteiger partial charge in [0, 0.05) is 18.5 Å². The first-order valence-electron chi connectivity index (χ1n) is 6.99. The van der Waals surface area contributed by atoms with E-state index in [2.05, 4.69) is 39.4 Å². The lowest BCUT2D eigenvalue weighted by Crippen LogP contribution is -2.11. The van der Waals surface area contributed by atoms with Crippen molar-refractivity contribution in [2.75, 3.05) is 12.4 Å². The Hall–Kier alpha value is -2.50. The van der Waals surface area contributed by atoms with Gasteiger partial charge >= 0.3 is 0 Å². The summed E-state index contributed by atoms with van der Waals surface area (Å²) in [6.45, 7) is 6.14. The molecule has 108 valence electrons. The molecular weight excluding hydrogens is 264 g/mol. The highest BCUT2D eigenvalue weighted by Crippen LogP contribution is 2.24. The Kier molecular flexibility index (Phi) is 3.29. The van der Waals surface area contributed by atoms with Crippen molar-refractivity contribution in [2.24, 2.45) is 0 Å². The minimum Gasteiger partial charge on any atom is -0.373 e. The first-order chi connectivity index (χ1) is 10.1. The lowest BCUT2D eigenvalue weighted by atomic mass is 10.2. The summed E-state index contributed by atoms with van der Waals surface area (Å²) in [5.41, 5.74) is 2.75. The van der Waals surface area contributed by atoms with Crippen LogP contribution in [0.25, 0.3) is 16.9 Å². The third-order valence-electron chi connectivity index (χ3n) is 3.44. The Morgan fingerprint density at radius 1 is 1.14 bits per heavy atom. The molecule has 0 aliphatic carbocycles. The van der Waals surface area contributed by atoms with Crippen LogP contribution in [0.1, 0.15) is 31.2 Å². The maximum Gasteiger partial charge on any atom is 0.164 e. The molecule has 0 atom stereocenters. The van der Waals surface area contributed by atoms with Gasteiger partial charge < -0.3 is 5.32 Å². The largest absolute Gasteiger partial charge is 0.373 e. The summed E-state index contributed by atoms with van der Waals surface area (Å²) >= 11 is 0. The van der Waals surface area contributed by atoms with Crippen molar-refractivity contribution in [3.8, 4) is 5.82 Å². The molecule has 1 aromatic carbocycles. The summed E-state index contributed by atoms with van der Waals surface area (Å²) in [6.07, 6.45) is 0. The molecule has 1 N–H and O–H groups in total. The van der Waals surface area contributed by atoms with E-state index in [9.17, 15) is 0 Å². The third-order valence-corrected chi connectivity index (χ3v) is 3.44. The Balaban J connectivity index is 2.28. The molecule has 0 spiro atoms. The number of hydrogen-bond donors (Lipinski definition) is 1. The Morgan fingerprint density at radius 2 is 1.90 bits per heavy atom. The molecule has 0 amide bonds. The number of anilines is 1. The van der Waals surface area contributed by atoms with Gasteiger partial charge in [0.2, 0.25) is 0 Å². The van der Waals surface area contributed by atoms with E-state index in [1.54, 1.807) is 4.68 Å². The van der Waals surface area contributed by atoms with E-state index in [0.717, 1.165) is 34.1 Å². The number of para-hydroxylation sites is 1. The molecule has 3 aromatic rings. The molecule has 3 rings (SSSR count). The zero-order chi connectivity index (χ0) is 15.0. The average Bonchev–Trinajstić information content (AvgIpc) is 2.91. The molecule has 0 unspecified atom stereocenters. The molecule has 6 nitrogen and oxygen atoms in total. The van der Waals surface area contributed by atoms with Crippen LogP contribution in [0.3, 0.4) is 0 Å². The predicted molar refractivity (Wildman–Crippen MR) is 82.8 cm³/mol. The van der Waals surface area contributed by atoms with Crippen LogP contribution in [0.5, 0.6) is 0 Å². The smallest absolute Gasteiger partial charge is 0.164 e. The van der Waals surface area contributed by atoms with Crippen molar-refractivity contribution >= 4 is 16.9 Å². The Labute approximate surface area is 123 Å². The van der Waals surface area contributed by atoms with Crippen LogP contribution in [-0.2, 0) is 0 Å². The van der Waals surface area contributed by atoms with E-state index in [4.69, 9.17) is 0 Å². The molecule has 0 saturated carbocycles.